The van der Waals surface area contributed by atoms with Gasteiger partial charge in [-0.15, -0.1) is 0 Å². The first-order chi connectivity index (χ1) is 10.8. The van der Waals surface area contributed by atoms with Crippen molar-refractivity contribution in [3.05, 3.63) is 36.2 Å². The summed E-state index contributed by atoms with van der Waals surface area (Å²) in [6.45, 7) is 1.16. The molecule has 1 N–H and O–H groups in total. The third kappa shape index (κ3) is 3.60. The van der Waals surface area contributed by atoms with Gasteiger partial charge in [-0.3, -0.25) is 0 Å². The number of nitrogens with zero attached hydrogens (tertiary/aromatic N) is 2. The van der Waals surface area contributed by atoms with E-state index in [1.54, 1.807) is 24.4 Å². The maximum absolute atomic E-state index is 14.2. The molecule has 3 rings (SSSR count). The minimum atomic E-state index is -4.25. The summed E-state index contributed by atoms with van der Waals surface area (Å²) in [6.07, 6.45) is -3.98. The summed E-state index contributed by atoms with van der Waals surface area (Å²) in [7, 11) is 1.87. The van der Waals surface area contributed by atoms with E-state index in [0.717, 1.165) is 6.54 Å². The summed E-state index contributed by atoms with van der Waals surface area (Å²) in [6, 6.07) is 6.24. The van der Waals surface area contributed by atoms with Crippen LogP contribution in [0.3, 0.4) is 0 Å². The molecular weight excluding hydrogens is 310 g/mol. The standard InChI is InChI=1S/C16H19F4N3/c1-22-8-6-13(12(17)10-22)21-14-3-2-7-23-11(4-5-15(14)23)9-16(18,19)20/h2-5,7,12-13,21H,6,8-10H2,1H3/t12-,13-/m0/s1. The molecule has 2 aromatic heterocycles. The molecule has 2 atom stereocenters. The van der Waals surface area contributed by atoms with E-state index in [9.17, 15) is 17.6 Å². The maximum atomic E-state index is 14.2. The van der Waals surface area contributed by atoms with E-state index in [4.69, 9.17) is 0 Å². The predicted octanol–water partition coefficient (Wildman–Crippen LogP) is 3.50. The van der Waals surface area contributed by atoms with Crippen LogP contribution >= 0.6 is 0 Å². The van der Waals surface area contributed by atoms with Gasteiger partial charge in [-0.2, -0.15) is 13.2 Å². The predicted molar refractivity (Wildman–Crippen MR) is 81.6 cm³/mol. The number of fused-ring (bicyclic) bond motifs is 1. The summed E-state index contributed by atoms with van der Waals surface area (Å²) in [4.78, 5) is 1.93. The lowest BCUT2D eigenvalue weighted by Crippen LogP contribution is -2.46. The van der Waals surface area contributed by atoms with Crippen LogP contribution in [0, 0.1) is 0 Å². The fourth-order valence-electron chi connectivity index (χ4n) is 3.09. The zero-order valence-electron chi connectivity index (χ0n) is 12.8. The molecule has 0 aliphatic carbocycles. The van der Waals surface area contributed by atoms with Crippen LogP contribution in [-0.4, -0.2) is 47.8 Å². The second kappa shape index (κ2) is 6.03. The molecule has 1 saturated heterocycles. The minimum absolute atomic E-state index is 0.177. The largest absolute Gasteiger partial charge is 0.394 e. The van der Waals surface area contributed by atoms with Gasteiger partial charge in [0.25, 0.3) is 0 Å². The van der Waals surface area contributed by atoms with Gasteiger partial charge in [0.2, 0.25) is 0 Å². The van der Waals surface area contributed by atoms with Crippen molar-refractivity contribution < 1.29 is 17.6 Å². The van der Waals surface area contributed by atoms with Crippen molar-refractivity contribution in [3.8, 4) is 0 Å². The van der Waals surface area contributed by atoms with Crippen molar-refractivity contribution in [2.75, 3.05) is 25.5 Å². The van der Waals surface area contributed by atoms with Crippen LogP contribution in [0.5, 0.6) is 0 Å². The molecule has 0 saturated carbocycles. The van der Waals surface area contributed by atoms with Crippen molar-refractivity contribution in [2.45, 2.75) is 31.2 Å². The molecule has 126 valence electrons. The molecule has 1 aliphatic heterocycles. The molecule has 23 heavy (non-hydrogen) atoms. The lowest BCUT2D eigenvalue weighted by Gasteiger charge is -2.33. The zero-order valence-corrected chi connectivity index (χ0v) is 12.8. The van der Waals surface area contributed by atoms with Crippen molar-refractivity contribution in [1.82, 2.24) is 9.30 Å². The molecule has 1 aliphatic rings. The molecule has 3 heterocycles. The molecular formula is C16H19F4N3. The van der Waals surface area contributed by atoms with E-state index in [1.165, 1.54) is 10.5 Å². The topological polar surface area (TPSA) is 19.7 Å². The summed E-state index contributed by atoms with van der Waals surface area (Å²) in [5.41, 5.74) is 1.48. The summed E-state index contributed by atoms with van der Waals surface area (Å²) >= 11 is 0. The molecule has 0 bridgehead atoms. The Kier molecular flexibility index (Phi) is 4.23. The number of anilines is 1. The molecule has 0 spiro atoms. The molecule has 2 aromatic rings. The maximum Gasteiger partial charge on any atom is 0.394 e. The van der Waals surface area contributed by atoms with Gasteiger partial charge < -0.3 is 14.6 Å². The number of hydrogen-bond acceptors (Lipinski definition) is 2. The van der Waals surface area contributed by atoms with E-state index in [0.29, 0.717) is 24.2 Å². The molecule has 0 aromatic carbocycles. The molecule has 3 nitrogen and oxygen atoms in total. The number of rotatable bonds is 3. The van der Waals surface area contributed by atoms with Gasteiger partial charge in [-0.05, 0) is 37.7 Å². The Morgan fingerprint density at radius 1 is 1.26 bits per heavy atom. The summed E-state index contributed by atoms with van der Waals surface area (Å²) in [5.74, 6) is 0. The lowest BCUT2D eigenvalue weighted by molar-refractivity contribution is -0.127. The van der Waals surface area contributed by atoms with Gasteiger partial charge in [-0.25, -0.2) is 4.39 Å². The number of likely N-dealkylation sites (tertiary alicyclic amines) is 1. The van der Waals surface area contributed by atoms with Crippen LogP contribution in [0.2, 0.25) is 0 Å². The van der Waals surface area contributed by atoms with Gasteiger partial charge in [0.05, 0.1) is 23.7 Å². The lowest BCUT2D eigenvalue weighted by atomic mass is 10.0. The van der Waals surface area contributed by atoms with Gasteiger partial charge in [0.1, 0.15) is 6.17 Å². The van der Waals surface area contributed by atoms with E-state index >= 15 is 0 Å². The summed E-state index contributed by atoms with van der Waals surface area (Å²) in [5, 5.41) is 3.17. The Balaban J connectivity index is 1.84. The van der Waals surface area contributed by atoms with Gasteiger partial charge in [0, 0.05) is 25.0 Å². The Hall–Kier alpha value is -1.76. The summed E-state index contributed by atoms with van der Waals surface area (Å²) < 4.78 is 53.5. The quantitative estimate of drug-likeness (QED) is 0.870. The van der Waals surface area contributed by atoms with Gasteiger partial charge in [0.15, 0.2) is 0 Å². The average molecular weight is 329 g/mol. The first-order valence-corrected chi connectivity index (χ1v) is 7.58. The highest BCUT2D eigenvalue weighted by molar-refractivity contribution is 5.73. The highest BCUT2D eigenvalue weighted by atomic mass is 19.4. The van der Waals surface area contributed by atoms with E-state index in [-0.39, 0.29) is 11.7 Å². The van der Waals surface area contributed by atoms with Crippen LogP contribution in [0.4, 0.5) is 23.2 Å². The Morgan fingerprint density at radius 2 is 2.04 bits per heavy atom. The third-order valence-corrected chi connectivity index (χ3v) is 4.24. The third-order valence-electron chi connectivity index (χ3n) is 4.24. The molecule has 0 radical (unpaired) electrons. The zero-order chi connectivity index (χ0) is 16.6. The van der Waals surface area contributed by atoms with Gasteiger partial charge in [-0.1, -0.05) is 0 Å². The Morgan fingerprint density at radius 3 is 2.74 bits per heavy atom. The van der Waals surface area contributed by atoms with Crippen LogP contribution in [-0.2, 0) is 6.42 Å². The number of piperidine rings is 1. The number of halogens is 4. The highest BCUT2D eigenvalue weighted by Gasteiger charge is 2.30. The van der Waals surface area contributed by atoms with Crippen LogP contribution < -0.4 is 5.32 Å². The van der Waals surface area contributed by atoms with E-state index in [2.05, 4.69) is 5.32 Å². The van der Waals surface area contributed by atoms with Crippen molar-refractivity contribution in [1.29, 1.82) is 0 Å². The number of aromatic nitrogens is 1. The molecule has 0 amide bonds. The Bertz CT molecular complexity index is 680. The average Bonchev–Trinajstić information content (AvgIpc) is 2.84. The van der Waals surface area contributed by atoms with E-state index < -0.39 is 18.8 Å². The first-order valence-electron chi connectivity index (χ1n) is 7.58. The molecule has 1 fully saturated rings. The Labute approximate surface area is 131 Å². The monoisotopic (exact) mass is 329 g/mol. The van der Waals surface area contributed by atoms with Crippen molar-refractivity contribution >= 4 is 11.2 Å². The van der Waals surface area contributed by atoms with Crippen molar-refractivity contribution in [3.63, 3.8) is 0 Å². The van der Waals surface area contributed by atoms with Crippen molar-refractivity contribution in [2.24, 2.45) is 0 Å². The second-order valence-corrected chi connectivity index (χ2v) is 6.11. The van der Waals surface area contributed by atoms with Crippen LogP contribution in [0.15, 0.2) is 30.5 Å². The van der Waals surface area contributed by atoms with Crippen LogP contribution in [0.1, 0.15) is 12.1 Å². The number of pyridine rings is 1. The first kappa shape index (κ1) is 16.1. The smallest absolute Gasteiger partial charge is 0.378 e. The minimum Gasteiger partial charge on any atom is -0.378 e. The number of nitrogens with one attached hydrogen (secondary N) is 1. The molecule has 7 heteroatoms. The normalized spacial score (nSPS) is 23.3. The van der Waals surface area contributed by atoms with Gasteiger partial charge >= 0.3 is 6.18 Å². The highest BCUT2D eigenvalue weighted by Crippen LogP contribution is 2.27. The fraction of sp³-hybridized carbons (Fsp3) is 0.500. The number of hydrogen-bond donors (Lipinski definition) is 1. The number of alkyl halides is 4. The molecule has 0 unspecified atom stereocenters. The second-order valence-electron chi connectivity index (χ2n) is 6.11. The SMILES string of the molecule is CN1CC[C@H](Nc2cccn3c(CC(F)(F)F)ccc23)[C@@H](F)C1. The van der Waals surface area contributed by atoms with E-state index in [1.807, 2.05) is 11.9 Å². The fourth-order valence-corrected chi connectivity index (χ4v) is 3.09. The van der Waals surface area contributed by atoms with Crippen LogP contribution in [0.25, 0.3) is 5.52 Å².